The molecule has 1 rings (SSSR count). The molecule has 3 atom stereocenters. The maximum Gasteiger partial charge on any atom is 0.322 e. The molecule has 11 heteroatoms. The van der Waals surface area contributed by atoms with Crippen LogP contribution in [0, 0.1) is 5.92 Å². The van der Waals surface area contributed by atoms with Gasteiger partial charge in [-0.2, -0.15) is 0 Å². The van der Waals surface area contributed by atoms with Crippen molar-refractivity contribution in [1.82, 2.24) is 21.3 Å². The van der Waals surface area contributed by atoms with Crippen molar-refractivity contribution < 1.29 is 29.1 Å². The molecule has 0 spiro atoms. The molecule has 0 bridgehead atoms. The van der Waals surface area contributed by atoms with Gasteiger partial charge in [-0.25, -0.2) is 0 Å². The van der Waals surface area contributed by atoms with Crippen LogP contribution in [-0.4, -0.2) is 65.9 Å². The highest BCUT2D eigenvalue weighted by Crippen LogP contribution is 2.04. The van der Waals surface area contributed by atoms with Gasteiger partial charge in [0.2, 0.25) is 23.6 Å². The molecule has 11 nitrogen and oxygen atoms in total. The van der Waals surface area contributed by atoms with Crippen LogP contribution in [0.15, 0.2) is 30.3 Å². The highest BCUT2D eigenvalue weighted by atomic mass is 16.4. The van der Waals surface area contributed by atoms with E-state index in [1.165, 1.54) is 6.92 Å². The number of carboxylic acid groups (broad SMARTS) is 1. The summed E-state index contributed by atoms with van der Waals surface area (Å²) >= 11 is 0. The summed E-state index contributed by atoms with van der Waals surface area (Å²) in [5.41, 5.74) is 6.46. The number of hydrogen-bond acceptors (Lipinski definition) is 6. The molecule has 0 heterocycles. The fourth-order valence-electron chi connectivity index (χ4n) is 2.59. The van der Waals surface area contributed by atoms with Crippen LogP contribution in [0.1, 0.15) is 26.3 Å². The first-order valence-corrected chi connectivity index (χ1v) is 10.2. The number of nitrogens with two attached hydrogens (primary N) is 1. The molecule has 32 heavy (non-hydrogen) atoms. The first-order valence-electron chi connectivity index (χ1n) is 10.2. The Kier molecular flexibility index (Phi) is 10.8. The van der Waals surface area contributed by atoms with Crippen molar-refractivity contribution in [2.45, 2.75) is 45.3 Å². The normalized spacial score (nSPS) is 13.4. The number of hydrogen-bond donors (Lipinski definition) is 6. The Morgan fingerprint density at radius 3 is 2.03 bits per heavy atom. The Morgan fingerprint density at radius 1 is 0.875 bits per heavy atom. The van der Waals surface area contributed by atoms with E-state index in [4.69, 9.17) is 10.8 Å². The SMILES string of the molecule is CC(C)[C@H](N)C(=O)NCC(=O)N[C@@H](C)C(=O)N[C@@H](Cc1ccccc1)C(=O)NCC(=O)O. The largest absolute Gasteiger partial charge is 0.480 e. The van der Waals surface area contributed by atoms with Crippen LogP contribution in [0.5, 0.6) is 0 Å². The highest BCUT2D eigenvalue weighted by molar-refractivity contribution is 5.94. The number of rotatable bonds is 12. The predicted molar refractivity (Wildman–Crippen MR) is 116 cm³/mol. The van der Waals surface area contributed by atoms with Crippen LogP contribution in [0.4, 0.5) is 0 Å². The van der Waals surface area contributed by atoms with Gasteiger partial charge in [-0.1, -0.05) is 44.2 Å². The number of carbonyl (C=O) groups excluding carboxylic acids is 4. The molecular formula is C21H31N5O6. The van der Waals surface area contributed by atoms with Crippen molar-refractivity contribution >= 4 is 29.6 Å². The van der Waals surface area contributed by atoms with E-state index in [9.17, 15) is 24.0 Å². The molecular weight excluding hydrogens is 418 g/mol. The van der Waals surface area contributed by atoms with E-state index in [2.05, 4.69) is 21.3 Å². The minimum absolute atomic E-state index is 0.100. The van der Waals surface area contributed by atoms with Crippen molar-refractivity contribution in [3.8, 4) is 0 Å². The monoisotopic (exact) mass is 449 g/mol. The smallest absolute Gasteiger partial charge is 0.322 e. The molecule has 0 saturated carbocycles. The third-order valence-electron chi connectivity index (χ3n) is 4.54. The van der Waals surface area contributed by atoms with Gasteiger partial charge in [0.05, 0.1) is 12.6 Å². The van der Waals surface area contributed by atoms with E-state index in [1.807, 2.05) is 0 Å². The standard InChI is InChI=1S/C21H31N5O6/c1-12(2)18(22)21(32)23-10-16(27)25-13(3)19(30)26-15(20(31)24-11-17(28)29)9-14-7-5-4-6-8-14/h4-8,12-13,15,18H,9-11,22H2,1-3H3,(H,23,32)(H,24,31)(H,25,27)(H,26,30)(H,28,29)/t13-,15-,18-/m0/s1. The van der Waals surface area contributed by atoms with Gasteiger partial charge in [-0.15, -0.1) is 0 Å². The van der Waals surface area contributed by atoms with Crippen LogP contribution in [0.25, 0.3) is 0 Å². The number of carbonyl (C=O) groups is 5. The van der Waals surface area contributed by atoms with Crippen molar-refractivity contribution in [1.29, 1.82) is 0 Å². The lowest BCUT2D eigenvalue weighted by Crippen LogP contribution is -2.55. The second-order valence-electron chi connectivity index (χ2n) is 7.64. The number of benzene rings is 1. The Labute approximate surface area is 186 Å². The van der Waals surface area contributed by atoms with Crippen LogP contribution in [-0.2, 0) is 30.4 Å². The third kappa shape index (κ3) is 9.56. The van der Waals surface area contributed by atoms with Crippen LogP contribution < -0.4 is 27.0 Å². The Bertz CT molecular complexity index is 814. The van der Waals surface area contributed by atoms with E-state index < -0.39 is 54.3 Å². The zero-order chi connectivity index (χ0) is 24.3. The molecule has 0 aliphatic carbocycles. The lowest BCUT2D eigenvalue weighted by molar-refractivity contribution is -0.138. The second kappa shape index (κ2) is 13.1. The Balaban J connectivity index is 2.68. The first-order chi connectivity index (χ1) is 15.0. The Morgan fingerprint density at radius 2 is 1.47 bits per heavy atom. The maximum atomic E-state index is 12.5. The van der Waals surface area contributed by atoms with Gasteiger partial charge in [0.25, 0.3) is 0 Å². The van der Waals surface area contributed by atoms with Crippen molar-refractivity contribution in [3.63, 3.8) is 0 Å². The van der Waals surface area contributed by atoms with Crippen molar-refractivity contribution in [2.24, 2.45) is 11.7 Å². The molecule has 1 aromatic rings. The minimum atomic E-state index is -1.22. The molecule has 4 amide bonds. The van der Waals surface area contributed by atoms with E-state index in [0.29, 0.717) is 0 Å². The van der Waals surface area contributed by atoms with Crippen LogP contribution >= 0.6 is 0 Å². The van der Waals surface area contributed by atoms with Crippen LogP contribution in [0.3, 0.4) is 0 Å². The van der Waals surface area contributed by atoms with E-state index >= 15 is 0 Å². The van der Waals surface area contributed by atoms with E-state index in [-0.39, 0.29) is 18.9 Å². The summed E-state index contributed by atoms with van der Waals surface area (Å²) in [6.07, 6.45) is 0.127. The topological polar surface area (TPSA) is 180 Å². The lowest BCUT2D eigenvalue weighted by atomic mass is 10.0. The number of amides is 4. The zero-order valence-corrected chi connectivity index (χ0v) is 18.4. The number of nitrogens with one attached hydrogen (secondary N) is 4. The quantitative estimate of drug-likeness (QED) is 0.225. The molecule has 0 aromatic heterocycles. The van der Waals surface area contributed by atoms with E-state index in [0.717, 1.165) is 5.56 Å². The van der Waals surface area contributed by atoms with Crippen LogP contribution in [0.2, 0.25) is 0 Å². The van der Waals surface area contributed by atoms with Gasteiger partial charge in [0.15, 0.2) is 0 Å². The molecule has 0 unspecified atom stereocenters. The van der Waals surface area contributed by atoms with Gasteiger partial charge >= 0.3 is 5.97 Å². The zero-order valence-electron chi connectivity index (χ0n) is 18.4. The molecule has 7 N–H and O–H groups in total. The Hall–Kier alpha value is -3.47. The number of carboxylic acids is 1. The van der Waals surface area contributed by atoms with Crippen molar-refractivity contribution in [3.05, 3.63) is 35.9 Å². The summed E-state index contributed by atoms with van der Waals surface area (Å²) in [6, 6.07) is 6.05. The molecule has 0 aliphatic rings. The van der Waals surface area contributed by atoms with Gasteiger partial charge in [-0.05, 0) is 18.4 Å². The maximum absolute atomic E-state index is 12.5. The summed E-state index contributed by atoms with van der Waals surface area (Å²) < 4.78 is 0. The summed E-state index contributed by atoms with van der Waals surface area (Å²) in [5, 5.41) is 18.4. The molecule has 1 aromatic carbocycles. The first kappa shape index (κ1) is 26.6. The molecule has 0 saturated heterocycles. The van der Waals surface area contributed by atoms with Gasteiger partial charge in [0, 0.05) is 6.42 Å². The fraction of sp³-hybridized carbons (Fsp3) is 0.476. The van der Waals surface area contributed by atoms with Gasteiger partial charge < -0.3 is 32.1 Å². The highest BCUT2D eigenvalue weighted by Gasteiger charge is 2.25. The average molecular weight is 450 g/mol. The molecule has 0 fully saturated rings. The molecule has 176 valence electrons. The van der Waals surface area contributed by atoms with Gasteiger partial charge in [0.1, 0.15) is 18.6 Å². The molecule has 0 radical (unpaired) electrons. The molecule has 0 aliphatic heterocycles. The summed E-state index contributed by atoms with van der Waals surface area (Å²) in [6.45, 7) is 4.02. The summed E-state index contributed by atoms with van der Waals surface area (Å²) in [5.74, 6) is -3.72. The summed E-state index contributed by atoms with van der Waals surface area (Å²) in [4.78, 5) is 59.5. The average Bonchev–Trinajstić information content (AvgIpc) is 2.75. The summed E-state index contributed by atoms with van der Waals surface area (Å²) in [7, 11) is 0. The predicted octanol–water partition coefficient (Wildman–Crippen LogP) is -1.48. The number of aliphatic carboxylic acids is 1. The van der Waals surface area contributed by atoms with Crippen molar-refractivity contribution in [2.75, 3.05) is 13.1 Å². The third-order valence-corrected chi connectivity index (χ3v) is 4.54. The lowest BCUT2D eigenvalue weighted by Gasteiger charge is -2.21. The van der Waals surface area contributed by atoms with Gasteiger partial charge in [-0.3, -0.25) is 24.0 Å². The fourth-order valence-corrected chi connectivity index (χ4v) is 2.59. The second-order valence-corrected chi connectivity index (χ2v) is 7.64. The van der Waals surface area contributed by atoms with E-state index in [1.54, 1.807) is 44.2 Å². The minimum Gasteiger partial charge on any atom is -0.480 e.